The van der Waals surface area contributed by atoms with Crippen molar-refractivity contribution in [2.24, 2.45) is 5.92 Å². The zero-order valence-electron chi connectivity index (χ0n) is 12.8. The molecule has 0 fully saturated rings. The molecule has 8 heteroatoms. The largest absolute Gasteiger partial charge is 0.508 e. The van der Waals surface area contributed by atoms with Gasteiger partial charge in [0.25, 0.3) is 0 Å². The van der Waals surface area contributed by atoms with Gasteiger partial charge in [0, 0.05) is 12.1 Å². The van der Waals surface area contributed by atoms with Crippen LogP contribution in [-0.4, -0.2) is 26.5 Å². The molecule has 0 saturated carbocycles. The summed E-state index contributed by atoms with van der Waals surface area (Å²) in [4.78, 5) is 42.2. The Hall–Kier alpha value is -2.21. The monoisotopic (exact) mass is 351 g/mol. The Morgan fingerprint density at radius 2 is 2.04 bits per heavy atom. The SMILES string of the molecule is O=C1C=CC=C(NP(=O)(O)O)C1C(=O)CCCc1cccc(O)c1. The summed E-state index contributed by atoms with van der Waals surface area (Å²) in [5, 5.41) is 11.3. The standard InChI is InChI=1S/C16H18NO6P/c18-12-6-1-4-11(10-12)5-2-8-14(19)16-13(17-24(21,22)23)7-3-9-15(16)20/h1,3-4,6-7,9-10,16,18H,2,5,8H2,(H3,17,21,22,23). The molecule has 4 N–H and O–H groups in total. The topological polar surface area (TPSA) is 124 Å². The minimum Gasteiger partial charge on any atom is -0.508 e. The molecule has 24 heavy (non-hydrogen) atoms. The lowest BCUT2D eigenvalue weighted by atomic mass is 9.89. The Balaban J connectivity index is 1.99. The molecule has 0 spiro atoms. The first kappa shape index (κ1) is 18.1. The van der Waals surface area contributed by atoms with E-state index in [-0.39, 0.29) is 17.9 Å². The van der Waals surface area contributed by atoms with Crippen molar-refractivity contribution in [2.45, 2.75) is 19.3 Å². The maximum atomic E-state index is 12.3. The molecule has 7 nitrogen and oxygen atoms in total. The highest BCUT2D eigenvalue weighted by atomic mass is 31.2. The molecule has 0 heterocycles. The van der Waals surface area contributed by atoms with Crippen molar-refractivity contribution in [3.05, 3.63) is 53.8 Å². The summed E-state index contributed by atoms with van der Waals surface area (Å²) in [7, 11) is -4.60. The first-order chi connectivity index (χ1) is 11.3. The van der Waals surface area contributed by atoms with Gasteiger partial charge in [-0.15, -0.1) is 0 Å². The third-order valence-corrected chi connectivity index (χ3v) is 4.08. The van der Waals surface area contributed by atoms with Crippen LogP contribution in [0.25, 0.3) is 0 Å². The maximum absolute atomic E-state index is 12.3. The second kappa shape index (κ2) is 7.57. The Bertz CT molecular complexity index is 749. The first-order valence-corrected chi connectivity index (χ1v) is 8.94. The quantitative estimate of drug-likeness (QED) is 0.434. The van der Waals surface area contributed by atoms with E-state index in [0.29, 0.717) is 12.8 Å². The number of carbonyl (C=O) groups is 2. The minimum absolute atomic E-state index is 0.0834. The molecule has 1 aromatic rings. The van der Waals surface area contributed by atoms with Gasteiger partial charge in [0.15, 0.2) is 5.78 Å². The van der Waals surface area contributed by atoms with E-state index in [1.165, 1.54) is 18.2 Å². The number of ketones is 2. The zero-order chi connectivity index (χ0) is 17.7. The van der Waals surface area contributed by atoms with Gasteiger partial charge in [-0.25, -0.2) is 4.57 Å². The second-order valence-corrected chi connectivity index (χ2v) is 6.77. The van der Waals surface area contributed by atoms with Crippen LogP contribution in [0.2, 0.25) is 0 Å². The van der Waals surface area contributed by atoms with Gasteiger partial charge in [-0.2, -0.15) is 0 Å². The summed E-state index contributed by atoms with van der Waals surface area (Å²) in [5.41, 5.74) is 0.778. The number of allylic oxidation sites excluding steroid dienone is 4. The smallest absolute Gasteiger partial charge is 0.427 e. The number of aryl methyl sites for hydroxylation is 1. The molecule has 0 radical (unpaired) electrons. The molecule has 1 aliphatic rings. The molecule has 1 unspecified atom stereocenters. The molecule has 0 aromatic heterocycles. The van der Waals surface area contributed by atoms with Crippen molar-refractivity contribution in [3.8, 4) is 5.75 Å². The predicted octanol–water partition coefficient (Wildman–Crippen LogP) is 1.61. The van der Waals surface area contributed by atoms with Gasteiger partial charge in [-0.1, -0.05) is 18.2 Å². The molecular formula is C16H18NO6P. The Morgan fingerprint density at radius 3 is 2.71 bits per heavy atom. The number of phenols is 1. The Morgan fingerprint density at radius 1 is 1.29 bits per heavy atom. The van der Waals surface area contributed by atoms with Crippen LogP contribution in [0.1, 0.15) is 18.4 Å². The third kappa shape index (κ3) is 5.16. The average Bonchev–Trinajstić information content (AvgIpc) is 2.45. The lowest BCUT2D eigenvalue weighted by molar-refractivity contribution is -0.129. The fourth-order valence-electron chi connectivity index (χ4n) is 2.52. The number of benzene rings is 1. The van der Waals surface area contributed by atoms with E-state index in [1.807, 2.05) is 11.2 Å². The van der Waals surface area contributed by atoms with Crippen LogP contribution in [0, 0.1) is 5.92 Å². The van der Waals surface area contributed by atoms with Crippen molar-refractivity contribution < 1.29 is 29.0 Å². The molecule has 0 bridgehead atoms. The second-order valence-electron chi connectivity index (χ2n) is 5.46. The summed E-state index contributed by atoms with van der Waals surface area (Å²) in [6.45, 7) is 0. The van der Waals surface area contributed by atoms with Crippen LogP contribution < -0.4 is 5.09 Å². The van der Waals surface area contributed by atoms with Crippen molar-refractivity contribution in [1.29, 1.82) is 0 Å². The lowest BCUT2D eigenvalue weighted by Crippen LogP contribution is -2.32. The van der Waals surface area contributed by atoms with E-state index in [9.17, 15) is 19.3 Å². The first-order valence-electron chi connectivity index (χ1n) is 7.33. The highest BCUT2D eigenvalue weighted by molar-refractivity contribution is 7.49. The van der Waals surface area contributed by atoms with E-state index in [2.05, 4.69) is 0 Å². The van der Waals surface area contributed by atoms with Crippen molar-refractivity contribution >= 4 is 19.3 Å². The van der Waals surface area contributed by atoms with Gasteiger partial charge in [0.05, 0.1) is 0 Å². The number of aromatic hydroxyl groups is 1. The van der Waals surface area contributed by atoms with Gasteiger partial charge in [-0.05, 0) is 42.7 Å². The fourth-order valence-corrected chi connectivity index (χ4v) is 3.06. The molecule has 0 amide bonds. The summed E-state index contributed by atoms with van der Waals surface area (Å²) in [5.74, 6) is -1.98. The highest BCUT2D eigenvalue weighted by Gasteiger charge is 2.32. The van der Waals surface area contributed by atoms with E-state index in [1.54, 1.807) is 18.2 Å². The summed E-state index contributed by atoms with van der Waals surface area (Å²) in [6, 6.07) is 6.66. The molecule has 128 valence electrons. The molecule has 1 aliphatic carbocycles. The Kier molecular flexibility index (Phi) is 5.72. The molecule has 1 aromatic carbocycles. The van der Waals surface area contributed by atoms with Crippen LogP contribution >= 0.6 is 7.75 Å². The maximum Gasteiger partial charge on any atom is 0.427 e. The highest BCUT2D eigenvalue weighted by Crippen LogP contribution is 2.33. The lowest BCUT2D eigenvalue weighted by Gasteiger charge is -2.21. The van der Waals surface area contributed by atoms with E-state index < -0.39 is 25.2 Å². The van der Waals surface area contributed by atoms with Gasteiger partial charge < -0.3 is 14.9 Å². The van der Waals surface area contributed by atoms with E-state index in [4.69, 9.17) is 9.79 Å². The molecule has 1 atom stereocenters. The van der Waals surface area contributed by atoms with Crippen LogP contribution in [0.5, 0.6) is 5.75 Å². The van der Waals surface area contributed by atoms with Crippen molar-refractivity contribution in [1.82, 2.24) is 5.09 Å². The van der Waals surface area contributed by atoms with Gasteiger partial charge in [0.1, 0.15) is 17.5 Å². The van der Waals surface area contributed by atoms with Crippen LogP contribution in [0.15, 0.2) is 48.2 Å². The van der Waals surface area contributed by atoms with E-state index >= 15 is 0 Å². The number of phenolic OH excluding ortho intramolecular Hbond substituents is 1. The number of carbonyl (C=O) groups excluding carboxylic acids is 2. The van der Waals surface area contributed by atoms with Gasteiger partial charge >= 0.3 is 7.75 Å². The van der Waals surface area contributed by atoms with Crippen LogP contribution in [0.4, 0.5) is 0 Å². The number of rotatable bonds is 7. The van der Waals surface area contributed by atoms with Crippen LogP contribution in [0.3, 0.4) is 0 Å². The van der Waals surface area contributed by atoms with Crippen LogP contribution in [-0.2, 0) is 20.6 Å². The molecule has 0 aliphatic heterocycles. The minimum atomic E-state index is -4.60. The van der Waals surface area contributed by atoms with Gasteiger partial charge in [0.2, 0.25) is 0 Å². The summed E-state index contributed by atoms with van der Waals surface area (Å²) >= 11 is 0. The predicted molar refractivity (Wildman–Crippen MR) is 87.0 cm³/mol. The zero-order valence-corrected chi connectivity index (χ0v) is 13.6. The average molecular weight is 351 g/mol. The summed E-state index contributed by atoms with van der Waals surface area (Å²) in [6.07, 6.45) is 4.96. The number of nitrogens with one attached hydrogen (secondary N) is 1. The molecule has 0 saturated heterocycles. The van der Waals surface area contributed by atoms with Gasteiger partial charge in [-0.3, -0.25) is 14.7 Å². The molecule has 2 rings (SSSR count). The summed E-state index contributed by atoms with van der Waals surface area (Å²) < 4.78 is 11.1. The van der Waals surface area contributed by atoms with E-state index in [0.717, 1.165) is 5.56 Å². The number of hydrogen-bond donors (Lipinski definition) is 4. The van der Waals surface area contributed by atoms with Crippen molar-refractivity contribution in [2.75, 3.05) is 0 Å². The van der Waals surface area contributed by atoms with Crippen molar-refractivity contribution in [3.63, 3.8) is 0 Å². The Labute approximate surface area is 138 Å². The normalized spacial score (nSPS) is 17.5. The number of Topliss-reactive ketones (excluding diaryl/α,β-unsaturated/α-hetero) is 1. The fraction of sp³-hybridized carbons (Fsp3) is 0.250. The number of hydrogen-bond acceptors (Lipinski definition) is 4. The molecular weight excluding hydrogens is 333 g/mol. The third-order valence-electron chi connectivity index (χ3n) is 3.53.